The number of carbonyl (C=O) groups excluding carboxylic acids is 1. The molecular weight excluding hydrogens is 353 g/mol. The highest BCUT2D eigenvalue weighted by Crippen LogP contribution is 2.19. The summed E-state index contributed by atoms with van der Waals surface area (Å²) < 4.78 is 13.0. The van der Waals surface area contributed by atoms with E-state index in [9.17, 15) is 14.4 Å². The maximum Gasteiger partial charge on any atom is 0.267 e. The van der Waals surface area contributed by atoms with Crippen molar-refractivity contribution in [1.82, 2.24) is 0 Å². The van der Waals surface area contributed by atoms with E-state index in [1.165, 1.54) is 30.5 Å². The second kappa shape index (κ2) is 9.15. The zero-order valence-electron chi connectivity index (χ0n) is 15.0. The summed E-state index contributed by atoms with van der Waals surface area (Å²) in [6.45, 7) is 0.500. The van der Waals surface area contributed by atoms with Crippen LogP contribution in [0.2, 0.25) is 0 Å². The minimum Gasteiger partial charge on any atom is -0.342 e. The average molecular weight is 371 g/mol. The first-order valence-electron chi connectivity index (χ1n) is 8.70. The van der Waals surface area contributed by atoms with E-state index in [0.717, 1.165) is 11.3 Å². The van der Waals surface area contributed by atoms with E-state index in [0.29, 0.717) is 12.2 Å². The van der Waals surface area contributed by atoms with Crippen LogP contribution in [0.5, 0.6) is 0 Å². The van der Waals surface area contributed by atoms with Crippen LogP contribution in [-0.4, -0.2) is 5.91 Å². The first-order valence-corrected chi connectivity index (χ1v) is 8.70. The van der Waals surface area contributed by atoms with Gasteiger partial charge in [0.1, 0.15) is 17.5 Å². The van der Waals surface area contributed by atoms with Crippen molar-refractivity contribution in [2.45, 2.75) is 6.54 Å². The summed E-state index contributed by atoms with van der Waals surface area (Å²) in [7, 11) is 0. The molecule has 0 saturated heterocycles. The number of hydrogen-bond acceptors (Lipinski definition) is 3. The Balaban J connectivity index is 1.87. The molecule has 0 heterocycles. The predicted octanol–water partition coefficient (Wildman–Crippen LogP) is 4.88. The van der Waals surface area contributed by atoms with Gasteiger partial charge < -0.3 is 10.2 Å². The molecule has 3 aromatic rings. The molecule has 0 atom stereocenters. The first kappa shape index (κ1) is 18.9. The lowest BCUT2D eigenvalue weighted by Gasteiger charge is -2.21. The number of para-hydroxylation sites is 1. The molecule has 3 aromatic carbocycles. The van der Waals surface area contributed by atoms with Crippen molar-refractivity contribution < 1.29 is 9.18 Å². The zero-order chi connectivity index (χ0) is 19.8. The maximum atomic E-state index is 13.0. The molecule has 0 fully saturated rings. The molecule has 28 heavy (non-hydrogen) atoms. The Labute approximate surface area is 163 Å². The van der Waals surface area contributed by atoms with Gasteiger partial charge >= 0.3 is 0 Å². The van der Waals surface area contributed by atoms with Crippen LogP contribution in [-0.2, 0) is 11.3 Å². The number of nitriles is 1. The van der Waals surface area contributed by atoms with Crippen LogP contribution in [0, 0.1) is 17.1 Å². The number of nitrogens with one attached hydrogen (secondary N) is 1. The smallest absolute Gasteiger partial charge is 0.267 e. The van der Waals surface area contributed by atoms with Crippen molar-refractivity contribution in [1.29, 1.82) is 5.26 Å². The molecule has 0 radical (unpaired) electrons. The number of carbonyl (C=O) groups is 1. The van der Waals surface area contributed by atoms with Gasteiger partial charge in [-0.2, -0.15) is 5.26 Å². The monoisotopic (exact) mass is 371 g/mol. The Hall–Kier alpha value is -3.91. The molecule has 3 rings (SSSR count). The van der Waals surface area contributed by atoms with E-state index < -0.39 is 11.7 Å². The van der Waals surface area contributed by atoms with Crippen molar-refractivity contribution in [2.75, 3.05) is 10.2 Å². The number of halogens is 1. The van der Waals surface area contributed by atoms with Gasteiger partial charge in [-0.25, -0.2) is 4.39 Å². The van der Waals surface area contributed by atoms with Crippen LogP contribution in [0.1, 0.15) is 5.56 Å². The number of nitrogens with zero attached hydrogens (tertiary/aromatic N) is 2. The van der Waals surface area contributed by atoms with Gasteiger partial charge in [0, 0.05) is 24.1 Å². The summed E-state index contributed by atoms with van der Waals surface area (Å²) in [5.74, 6) is -0.949. The zero-order valence-corrected chi connectivity index (χ0v) is 15.0. The fraction of sp³-hybridized carbons (Fsp3) is 0.0435. The molecular formula is C23H18FN3O. The Morgan fingerprint density at radius 2 is 1.57 bits per heavy atom. The van der Waals surface area contributed by atoms with Crippen LogP contribution in [0.4, 0.5) is 15.8 Å². The lowest BCUT2D eigenvalue weighted by atomic mass is 10.2. The van der Waals surface area contributed by atoms with Crippen LogP contribution >= 0.6 is 0 Å². The van der Waals surface area contributed by atoms with Crippen molar-refractivity contribution in [3.8, 4) is 6.07 Å². The first-order chi connectivity index (χ1) is 13.7. The van der Waals surface area contributed by atoms with Crippen LogP contribution in [0.25, 0.3) is 0 Å². The number of amides is 1. The van der Waals surface area contributed by atoms with E-state index >= 15 is 0 Å². The van der Waals surface area contributed by atoms with E-state index in [1.807, 2.05) is 71.6 Å². The normalized spacial score (nSPS) is 10.8. The number of benzene rings is 3. The molecule has 0 aromatic heterocycles. The van der Waals surface area contributed by atoms with Gasteiger partial charge in [-0.3, -0.25) is 4.79 Å². The molecule has 0 aliphatic carbocycles. The van der Waals surface area contributed by atoms with Gasteiger partial charge in [0.05, 0.1) is 0 Å². The highest BCUT2D eigenvalue weighted by Gasteiger charge is 2.13. The van der Waals surface area contributed by atoms with Gasteiger partial charge in [0.2, 0.25) is 0 Å². The van der Waals surface area contributed by atoms with E-state index in [4.69, 9.17) is 0 Å². The maximum absolute atomic E-state index is 13.0. The molecule has 1 N–H and O–H groups in total. The average Bonchev–Trinajstić information content (AvgIpc) is 2.74. The molecule has 0 saturated carbocycles. The van der Waals surface area contributed by atoms with Gasteiger partial charge in [0.25, 0.3) is 5.91 Å². The molecule has 1 amide bonds. The summed E-state index contributed by atoms with van der Waals surface area (Å²) in [6.07, 6.45) is 1.53. The van der Waals surface area contributed by atoms with Gasteiger partial charge in [0.15, 0.2) is 0 Å². The van der Waals surface area contributed by atoms with Crippen LogP contribution in [0.3, 0.4) is 0 Å². The van der Waals surface area contributed by atoms with E-state index in [2.05, 4.69) is 5.32 Å². The summed E-state index contributed by atoms with van der Waals surface area (Å²) in [5.41, 5.74) is 2.26. The predicted molar refractivity (Wildman–Crippen MR) is 108 cm³/mol. The highest BCUT2D eigenvalue weighted by molar-refractivity contribution is 6.06. The highest BCUT2D eigenvalue weighted by atomic mass is 19.1. The molecule has 0 unspecified atom stereocenters. The number of rotatable bonds is 6. The SMILES string of the molecule is N#C/C(=C/N(Cc1ccccc1)c1ccccc1)C(=O)Nc1ccc(F)cc1. The Morgan fingerprint density at radius 1 is 0.964 bits per heavy atom. The van der Waals surface area contributed by atoms with Crippen molar-refractivity contribution in [2.24, 2.45) is 0 Å². The Morgan fingerprint density at radius 3 is 2.18 bits per heavy atom. The molecule has 0 aliphatic heterocycles. The Kier molecular flexibility index (Phi) is 6.17. The van der Waals surface area contributed by atoms with Gasteiger partial charge in [-0.15, -0.1) is 0 Å². The lowest BCUT2D eigenvalue weighted by molar-refractivity contribution is -0.112. The van der Waals surface area contributed by atoms with Crippen molar-refractivity contribution >= 4 is 17.3 Å². The van der Waals surface area contributed by atoms with E-state index in [-0.39, 0.29) is 5.57 Å². The second-order valence-corrected chi connectivity index (χ2v) is 6.06. The molecule has 0 spiro atoms. The minimum absolute atomic E-state index is 0.0518. The summed E-state index contributed by atoms with van der Waals surface area (Å²) in [5, 5.41) is 12.1. The topological polar surface area (TPSA) is 56.1 Å². The third-order valence-electron chi connectivity index (χ3n) is 4.04. The third-order valence-corrected chi connectivity index (χ3v) is 4.04. The quantitative estimate of drug-likeness (QED) is 0.496. The fourth-order valence-corrected chi connectivity index (χ4v) is 2.64. The summed E-state index contributed by atoms with van der Waals surface area (Å²) >= 11 is 0. The number of hydrogen-bond donors (Lipinski definition) is 1. The van der Waals surface area contributed by atoms with E-state index in [1.54, 1.807) is 0 Å². The molecule has 4 nitrogen and oxygen atoms in total. The van der Waals surface area contributed by atoms with Gasteiger partial charge in [-0.1, -0.05) is 48.5 Å². The third kappa shape index (κ3) is 5.05. The Bertz CT molecular complexity index is 994. The summed E-state index contributed by atoms with van der Waals surface area (Å²) in [6, 6.07) is 26.6. The van der Waals surface area contributed by atoms with Crippen LogP contribution in [0.15, 0.2) is 96.7 Å². The van der Waals surface area contributed by atoms with Gasteiger partial charge in [-0.05, 0) is 42.0 Å². The molecule has 138 valence electrons. The molecule has 0 aliphatic rings. The molecule has 5 heteroatoms. The lowest BCUT2D eigenvalue weighted by Crippen LogP contribution is -2.20. The largest absolute Gasteiger partial charge is 0.342 e. The van der Waals surface area contributed by atoms with Crippen LogP contribution < -0.4 is 10.2 Å². The second-order valence-electron chi connectivity index (χ2n) is 6.06. The summed E-state index contributed by atoms with van der Waals surface area (Å²) in [4.78, 5) is 14.4. The minimum atomic E-state index is -0.553. The molecule has 0 bridgehead atoms. The van der Waals surface area contributed by atoms with Crippen molar-refractivity contribution in [3.05, 3.63) is 108 Å². The fourth-order valence-electron chi connectivity index (χ4n) is 2.64. The standard InChI is InChI=1S/C23H18FN3O/c24-20-11-13-21(14-12-20)26-23(28)19(15-25)17-27(22-9-5-2-6-10-22)16-18-7-3-1-4-8-18/h1-14,17H,16H2,(H,26,28)/b19-17-. The van der Waals surface area contributed by atoms with Crippen molar-refractivity contribution in [3.63, 3.8) is 0 Å². The number of anilines is 2.